The van der Waals surface area contributed by atoms with Gasteiger partial charge in [-0.15, -0.1) is 0 Å². The van der Waals surface area contributed by atoms with E-state index in [4.69, 9.17) is 5.26 Å². The van der Waals surface area contributed by atoms with Crippen molar-refractivity contribution in [3.8, 4) is 6.07 Å². The number of benzene rings is 2. The van der Waals surface area contributed by atoms with Crippen molar-refractivity contribution >= 4 is 35.1 Å². The van der Waals surface area contributed by atoms with E-state index in [2.05, 4.69) is 10.6 Å². The third-order valence-electron chi connectivity index (χ3n) is 5.70. The largest absolute Gasteiger partial charge is 0.325 e. The summed E-state index contributed by atoms with van der Waals surface area (Å²) in [5.41, 5.74) is 0.885. The highest BCUT2D eigenvalue weighted by Crippen LogP contribution is 2.29. The van der Waals surface area contributed by atoms with E-state index in [1.54, 1.807) is 60.4 Å². The number of hydrogen-bond donors (Lipinski definition) is 2. The fourth-order valence-electron chi connectivity index (χ4n) is 3.90. The number of urea groups is 1. The zero-order valence-electron chi connectivity index (χ0n) is 17.4. The third-order valence-corrected chi connectivity index (χ3v) is 5.70. The Morgan fingerprint density at radius 3 is 2.41 bits per heavy atom. The first-order valence-corrected chi connectivity index (χ1v) is 10.2. The summed E-state index contributed by atoms with van der Waals surface area (Å²) >= 11 is 0. The fraction of sp³-hybridized carbons (Fsp3) is 0.261. The number of carbonyl (C=O) groups excluding carboxylic acids is 4. The standard InChI is InChI=1S/C23H21N5O4/c1-23(16-6-4-15(13-24)5-7-16)21(31)28(22(32)26-23)14-19(29)25-17-8-10-18(11-9-17)27-12-2-3-20(27)30/h4-11H,2-3,12,14H2,1H3,(H,25,29)(H,26,32)/t23-/m1/s1. The van der Waals surface area contributed by atoms with Gasteiger partial charge in [0.15, 0.2) is 0 Å². The lowest BCUT2D eigenvalue weighted by molar-refractivity contribution is -0.133. The molecule has 9 heteroatoms. The van der Waals surface area contributed by atoms with E-state index in [9.17, 15) is 19.2 Å². The van der Waals surface area contributed by atoms with Gasteiger partial charge in [-0.25, -0.2) is 4.79 Å². The van der Waals surface area contributed by atoms with E-state index in [0.717, 1.165) is 17.0 Å². The molecule has 2 N–H and O–H groups in total. The molecule has 2 aliphatic rings. The second kappa shape index (κ2) is 8.15. The number of anilines is 2. The van der Waals surface area contributed by atoms with Gasteiger partial charge in [0, 0.05) is 24.3 Å². The predicted molar refractivity (Wildman–Crippen MR) is 115 cm³/mol. The topological polar surface area (TPSA) is 123 Å². The Labute approximate surface area is 184 Å². The molecule has 0 aromatic heterocycles. The molecule has 162 valence electrons. The molecular formula is C23H21N5O4. The first-order valence-electron chi connectivity index (χ1n) is 10.2. The molecule has 4 rings (SSSR count). The Kier molecular flexibility index (Phi) is 5.36. The number of rotatable bonds is 5. The molecule has 0 unspecified atom stereocenters. The number of nitriles is 1. The molecule has 32 heavy (non-hydrogen) atoms. The molecule has 9 nitrogen and oxygen atoms in total. The number of imide groups is 1. The van der Waals surface area contributed by atoms with E-state index in [-0.39, 0.29) is 5.91 Å². The summed E-state index contributed by atoms with van der Waals surface area (Å²) < 4.78 is 0. The van der Waals surface area contributed by atoms with Gasteiger partial charge in [-0.3, -0.25) is 19.3 Å². The molecule has 2 heterocycles. The molecule has 2 saturated heterocycles. The zero-order valence-corrected chi connectivity index (χ0v) is 17.4. The van der Waals surface area contributed by atoms with Crippen molar-refractivity contribution in [2.75, 3.05) is 23.3 Å². The Hall–Kier alpha value is -4.19. The maximum atomic E-state index is 13.0. The van der Waals surface area contributed by atoms with Gasteiger partial charge in [0.1, 0.15) is 12.1 Å². The van der Waals surface area contributed by atoms with E-state index in [1.165, 1.54) is 0 Å². The first kappa shape index (κ1) is 21.1. The van der Waals surface area contributed by atoms with Crippen molar-refractivity contribution in [2.45, 2.75) is 25.3 Å². The lowest BCUT2D eigenvalue weighted by atomic mass is 9.91. The van der Waals surface area contributed by atoms with Gasteiger partial charge in [0.25, 0.3) is 5.91 Å². The van der Waals surface area contributed by atoms with Crippen LogP contribution in [0.15, 0.2) is 48.5 Å². The Balaban J connectivity index is 1.41. The number of nitrogens with zero attached hydrogens (tertiary/aromatic N) is 3. The first-order chi connectivity index (χ1) is 15.3. The van der Waals surface area contributed by atoms with Crippen molar-refractivity contribution < 1.29 is 19.2 Å². The fourth-order valence-corrected chi connectivity index (χ4v) is 3.90. The molecule has 0 saturated carbocycles. The Morgan fingerprint density at radius 1 is 1.12 bits per heavy atom. The van der Waals surface area contributed by atoms with E-state index < -0.39 is 29.9 Å². The normalized spacial score (nSPS) is 20.3. The van der Waals surface area contributed by atoms with Crippen LogP contribution < -0.4 is 15.5 Å². The van der Waals surface area contributed by atoms with Gasteiger partial charge in [-0.2, -0.15) is 5.26 Å². The Bertz CT molecular complexity index is 1140. The highest BCUT2D eigenvalue weighted by molar-refractivity contribution is 6.10. The maximum Gasteiger partial charge on any atom is 0.325 e. The lowest BCUT2D eigenvalue weighted by Crippen LogP contribution is -2.42. The highest BCUT2D eigenvalue weighted by Gasteiger charge is 2.49. The van der Waals surface area contributed by atoms with Crippen molar-refractivity contribution in [2.24, 2.45) is 0 Å². The molecule has 5 amide bonds. The monoisotopic (exact) mass is 431 g/mol. The van der Waals surface area contributed by atoms with Crippen LogP contribution in [0.25, 0.3) is 0 Å². The van der Waals surface area contributed by atoms with Crippen LogP contribution in [0, 0.1) is 11.3 Å². The van der Waals surface area contributed by atoms with Crippen molar-refractivity contribution in [1.82, 2.24) is 10.2 Å². The van der Waals surface area contributed by atoms with Gasteiger partial charge in [0.2, 0.25) is 11.8 Å². The summed E-state index contributed by atoms with van der Waals surface area (Å²) in [6.45, 7) is 1.79. The average molecular weight is 431 g/mol. The summed E-state index contributed by atoms with van der Waals surface area (Å²) in [5.74, 6) is -1.00. The minimum Gasteiger partial charge on any atom is -0.325 e. The number of nitrogens with one attached hydrogen (secondary N) is 2. The van der Waals surface area contributed by atoms with Gasteiger partial charge < -0.3 is 15.5 Å². The molecule has 2 fully saturated rings. The van der Waals surface area contributed by atoms with Crippen molar-refractivity contribution in [3.05, 3.63) is 59.7 Å². The van der Waals surface area contributed by atoms with Gasteiger partial charge >= 0.3 is 6.03 Å². The quantitative estimate of drug-likeness (QED) is 0.702. The second-order valence-electron chi connectivity index (χ2n) is 7.88. The molecule has 2 aromatic carbocycles. The van der Waals surface area contributed by atoms with Crippen LogP contribution in [-0.2, 0) is 19.9 Å². The SMILES string of the molecule is C[C@]1(c2ccc(C#N)cc2)NC(=O)N(CC(=O)Nc2ccc(N3CCCC3=O)cc2)C1=O. The number of hydrogen-bond acceptors (Lipinski definition) is 5. The smallest absolute Gasteiger partial charge is 0.325 e. The van der Waals surface area contributed by atoms with E-state index in [0.29, 0.717) is 29.8 Å². The van der Waals surface area contributed by atoms with Crippen LogP contribution in [0.3, 0.4) is 0 Å². The maximum absolute atomic E-state index is 13.0. The molecule has 0 spiro atoms. The number of carbonyl (C=O) groups is 4. The van der Waals surface area contributed by atoms with Crippen LogP contribution in [-0.4, -0.2) is 41.7 Å². The van der Waals surface area contributed by atoms with E-state index in [1.807, 2.05) is 6.07 Å². The molecule has 0 radical (unpaired) electrons. The van der Waals surface area contributed by atoms with Crippen LogP contribution in [0.4, 0.5) is 16.2 Å². The van der Waals surface area contributed by atoms with Crippen LogP contribution in [0.1, 0.15) is 30.9 Å². The zero-order chi connectivity index (χ0) is 22.9. The molecule has 1 atom stereocenters. The molecule has 2 aromatic rings. The summed E-state index contributed by atoms with van der Waals surface area (Å²) in [6.07, 6.45) is 1.36. The van der Waals surface area contributed by atoms with Crippen molar-refractivity contribution in [3.63, 3.8) is 0 Å². The summed E-state index contributed by atoms with van der Waals surface area (Å²) in [6, 6.07) is 14.5. The second-order valence-corrected chi connectivity index (χ2v) is 7.88. The summed E-state index contributed by atoms with van der Waals surface area (Å²) in [4.78, 5) is 52.3. The minimum atomic E-state index is -1.32. The Morgan fingerprint density at radius 2 is 1.81 bits per heavy atom. The van der Waals surface area contributed by atoms with Crippen molar-refractivity contribution in [1.29, 1.82) is 5.26 Å². The van der Waals surface area contributed by atoms with Crippen LogP contribution >= 0.6 is 0 Å². The molecule has 0 aliphatic carbocycles. The van der Waals surface area contributed by atoms with Gasteiger partial charge in [-0.05, 0) is 55.3 Å². The lowest BCUT2D eigenvalue weighted by Gasteiger charge is -2.22. The van der Waals surface area contributed by atoms with E-state index >= 15 is 0 Å². The summed E-state index contributed by atoms with van der Waals surface area (Å²) in [7, 11) is 0. The average Bonchev–Trinajstić information content (AvgIpc) is 3.31. The van der Waals surface area contributed by atoms with Crippen LogP contribution in [0.5, 0.6) is 0 Å². The van der Waals surface area contributed by atoms with Gasteiger partial charge in [-0.1, -0.05) is 12.1 Å². The van der Waals surface area contributed by atoms with Gasteiger partial charge in [0.05, 0.1) is 11.6 Å². The molecular weight excluding hydrogens is 410 g/mol. The van der Waals surface area contributed by atoms with Crippen LogP contribution in [0.2, 0.25) is 0 Å². The number of amides is 5. The minimum absolute atomic E-state index is 0.0747. The molecule has 0 bridgehead atoms. The summed E-state index contributed by atoms with van der Waals surface area (Å²) in [5, 5.41) is 14.2. The predicted octanol–water partition coefficient (Wildman–Crippen LogP) is 2.09. The third kappa shape index (κ3) is 3.78. The molecule has 2 aliphatic heterocycles. The highest BCUT2D eigenvalue weighted by atomic mass is 16.2.